The first-order valence-corrected chi connectivity index (χ1v) is 8.26. The molecule has 1 nitrogen and oxygen atoms in total. The number of nitrogens with two attached hydrogens (primary N) is 1. The fraction of sp³-hybridized carbons (Fsp3) is 0.684. The zero-order chi connectivity index (χ0) is 15.8. The fourth-order valence-corrected chi connectivity index (χ4v) is 4.00. The van der Waals surface area contributed by atoms with Gasteiger partial charge in [0.1, 0.15) is 5.82 Å². The van der Waals surface area contributed by atoms with Gasteiger partial charge in [0.2, 0.25) is 0 Å². The molecule has 0 unspecified atom stereocenters. The van der Waals surface area contributed by atoms with Gasteiger partial charge < -0.3 is 5.73 Å². The van der Waals surface area contributed by atoms with Gasteiger partial charge in [0.15, 0.2) is 0 Å². The molecule has 118 valence electrons. The summed E-state index contributed by atoms with van der Waals surface area (Å²) in [4.78, 5) is 0. The maximum atomic E-state index is 14.5. The molecule has 1 saturated carbocycles. The number of aryl methyl sites for hydroxylation is 2. The maximum Gasteiger partial charge on any atom is 0.128 e. The van der Waals surface area contributed by atoms with Crippen molar-refractivity contribution >= 4 is 0 Å². The van der Waals surface area contributed by atoms with E-state index >= 15 is 0 Å². The van der Waals surface area contributed by atoms with Crippen molar-refractivity contribution in [2.45, 2.75) is 72.3 Å². The van der Waals surface area contributed by atoms with Gasteiger partial charge in [0, 0.05) is 11.1 Å². The third-order valence-corrected chi connectivity index (χ3v) is 5.82. The molecule has 21 heavy (non-hydrogen) atoms. The number of halogens is 1. The summed E-state index contributed by atoms with van der Waals surface area (Å²) in [7, 11) is 0. The minimum Gasteiger partial charge on any atom is -0.321 e. The lowest BCUT2D eigenvalue weighted by molar-refractivity contribution is 0.113. The van der Waals surface area contributed by atoms with Gasteiger partial charge >= 0.3 is 0 Å². The van der Waals surface area contributed by atoms with Crippen LogP contribution < -0.4 is 5.73 Å². The minimum atomic E-state index is -0.484. The normalized spacial score (nSPS) is 26.9. The van der Waals surface area contributed by atoms with Crippen molar-refractivity contribution in [1.29, 1.82) is 0 Å². The van der Waals surface area contributed by atoms with Crippen LogP contribution in [0.15, 0.2) is 12.1 Å². The molecule has 0 radical (unpaired) electrons. The molecular formula is C19H30FN. The lowest BCUT2D eigenvalue weighted by Gasteiger charge is -2.44. The summed E-state index contributed by atoms with van der Waals surface area (Å²) in [6.07, 6.45) is 5.17. The SMILES string of the molecule is CCC(C)(C)C1CCC(N)(c2c(C)cc(C)cc2F)CC1. The van der Waals surface area contributed by atoms with E-state index in [2.05, 4.69) is 26.8 Å². The van der Waals surface area contributed by atoms with Crippen LogP contribution in [0.3, 0.4) is 0 Å². The third-order valence-electron chi connectivity index (χ3n) is 5.82. The summed E-state index contributed by atoms with van der Waals surface area (Å²) in [6, 6.07) is 3.67. The Bertz CT molecular complexity index is 487. The summed E-state index contributed by atoms with van der Waals surface area (Å²) in [6.45, 7) is 10.9. The lowest BCUT2D eigenvalue weighted by atomic mass is 9.64. The quantitative estimate of drug-likeness (QED) is 0.811. The molecule has 2 rings (SSSR count). The molecule has 1 aliphatic rings. The number of hydrogen-bond acceptors (Lipinski definition) is 1. The Morgan fingerprint density at radius 3 is 2.29 bits per heavy atom. The van der Waals surface area contributed by atoms with E-state index in [0.29, 0.717) is 11.3 Å². The van der Waals surface area contributed by atoms with Crippen LogP contribution in [0.5, 0.6) is 0 Å². The van der Waals surface area contributed by atoms with Crippen LogP contribution in [-0.4, -0.2) is 0 Å². The van der Waals surface area contributed by atoms with Crippen molar-refractivity contribution in [3.05, 3.63) is 34.6 Å². The summed E-state index contributed by atoms with van der Waals surface area (Å²) in [5.41, 5.74) is 9.24. The monoisotopic (exact) mass is 291 g/mol. The van der Waals surface area contributed by atoms with E-state index in [1.54, 1.807) is 6.07 Å². The van der Waals surface area contributed by atoms with Crippen LogP contribution in [-0.2, 0) is 5.54 Å². The Morgan fingerprint density at radius 1 is 1.24 bits per heavy atom. The Morgan fingerprint density at radius 2 is 1.81 bits per heavy atom. The average Bonchev–Trinajstić information content (AvgIpc) is 2.37. The van der Waals surface area contributed by atoms with Crippen molar-refractivity contribution in [3.8, 4) is 0 Å². The molecule has 0 saturated heterocycles. The molecule has 0 bridgehead atoms. The molecule has 0 aliphatic heterocycles. The topological polar surface area (TPSA) is 26.0 Å². The Kier molecular flexibility index (Phi) is 4.49. The second-order valence-electron chi connectivity index (χ2n) is 7.71. The first-order valence-electron chi connectivity index (χ1n) is 8.26. The standard InChI is InChI=1S/C19H30FN/c1-6-18(4,5)15-7-9-19(21,10-8-15)17-14(3)11-13(2)12-16(17)20/h11-12,15H,6-10,21H2,1-5H3. The Labute approximate surface area is 129 Å². The first-order chi connectivity index (χ1) is 9.69. The van der Waals surface area contributed by atoms with E-state index in [-0.39, 0.29) is 5.82 Å². The first kappa shape index (κ1) is 16.5. The summed E-state index contributed by atoms with van der Waals surface area (Å²) < 4.78 is 14.5. The van der Waals surface area contributed by atoms with Crippen molar-refractivity contribution < 1.29 is 4.39 Å². The molecule has 1 fully saturated rings. The van der Waals surface area contributed by atoms with Crippen LogP contribution in [0, 0.1) is 31.0 Å². The van der Waals surface area contributed by atoms with E-state index in [1.165, 1.54) is 6.42 Å². The van der Waals surface area contributed by atoms with Crippen LogP contribution >= 0.6 is 0 Å². The molecule has 0 spiro atoms. The molecule has 1 aliphatic carbocycles. The van der Waals surface area contributed by atoms with Gasteiger partial charge in [-0.25, -0.2) is 4.39 Å². The number of hydrogen-bond donors (Lipinski definition) is 1. The molecule has 2 N–H and O–H groups in total. The van der Waals surface area contributed by atoms with E-state index in [9.17, 15) is 4.39 Å². The minimum absolute atomic E-state index is 0.122. The number of rotatable bonds is 3. The average molecular weight is 291 g/mol. The third kappa shape index (κ3) is 3.15. The van der Waals surface area contributed by atoms with Crippen molar-refractivity contribution in [1.82, 2.24) is 0 Å². The smallest absolute Gasteiger partial charge is 0.128 e. The van der Waals surface area contributed by atoms with Crippen LogP contribution in [0.1, 0.15) is 69.6 Å². The molecular weight excluding hydrogens is 261 g/mol. The van der Waals surface area contributed by atoms with Gasteiger partial charge in [-0.3, -0.25) is 0 Å². The van der Waals surface area contributed by atoms with Crippen LogP contribution in [0.2, 0.25) is 0 Å². The van der Waals surface area contributed by atoms with Crippen molar-refractivity contribution in [3.63, 3.8) is 0 Å². The molecule has 2 heteroatoms. The lowest BCUT2D eigenvalue weighted by Crippen LogP contribution is -2.44. The van der Waals surface area contributed by atoms with E-state index in [4.69, 9.17) is 5.73 Å². The molecule has 0 atom stereocenters. The van der Waals surface area contributed by atoms with Gasteiger partial charge in [-0.05, 0) is 68.1 Å². The molecule has 0 amide bonds. The maximum absolute atomic E-state index is 14.5. The molecule has 0 heterocycles. The highest BCUT2D eigenvalue weighted by Crippen LogP contribution is 2.46. The van der Waals surface area contributed by atoms with Gasteiger partial charge in [0.05, 0.1) is 0 Å². The van der Waals surface area contributed by atoms with Crippen LogP contribution in [0.25, 0.3) is 0 Å². The predicted octanol–water partition coefficient (Wildman–Crippen LogP) is 5.22. The predicted molar refractivity (Wildman–Crippen MR) is 87.8 cm³/mol. The van der Waals surface area contributed by atoms with E-state index < -0.39 is 5.54 Å². The second kappa shape index (κ2) is 5.72. The van der Waals surface area contributed by atoms with Gasteiger partial charge in [-0.2, -0.15) is 0 Å². The van der Waals surface area contributed by atoms with Gasteiger partial charge in [0.25, 0.3) is 0 Å². The highest BCUT2D eigenvalue weighted by Gasteiger charge is 2.40. The van der Waals surface area contributed by atoms with Crippen LogP contribution in [0.4, 0.5) is 4.39 Å². The molecule has 0 aromatic heterocycles. The molecule has 1 aromatic carbocycles. The fourth-order valence-electron chi connectivity index (χ4n) is 4.00. The van der Waals surface area contributed by atoms with Gasteiger partial charge in [-0.1, -0.05) is 33.3 Å². The summed E-state index contributed by atoms with van der Waals surface area (Å²) in [5.74, 6) is 0.580. The highest BCUT2D eigenvalue weighted by atomic mass is 19.1. The Balaban J connectivity index is 2.24. The van der Waals surface area contributed by atoms with Gasteiger partial charge in [-0.15, -0.1) is 0 Å². The largest absolute Gasteiger partial charge is 0.321 e. The zero-order valence-electron chi connectivity index (χ0n) is 14.2. The van der Waals surface area contributed by atoms with E-state index in [0.717, 1.165) is 42.4 Å². The summed E-state index contributed by atoms with van der Waals surface area (Å²) in [5, 5.41) is 0. The van der Waals surface area contributed by atoms with E-state index in [1.807, 2.05) is 13.8 Å². The Hall–Kier alpha value is -0.890. The highest BCUT2D eigenvalue weighted by molar-refractivity contribution is 5.37. The number of benzene rings is 1. The zero-order valence-corrected chi connectivity index (χ0v) is 14.2. The summed E-state index contributed by atoms with van der Waals surface area (Å²) >= 11 is 0. The molecule has 1 aromatic rings. The van der Waals surface area contributed by atoms with Crippen molar-refractivity contribution in [2.24, 2.45) is 17.1 Å². The second-order valence-corrected chi connectivity index (χ2v) is 7.71. The van der Waals surface area contributed by atoms with Crippen molar-refractivity contribution in [2.75, 3.05) is 0 Å².